The van der Waals surface area contributed by atoms with Gasteiger partial charge in [0.05, 0.1) is 5.56 Å². The number of esters is 1. The lowest BCUT2D eigenvalue weighted by Crippen LogP contribution is -2.34. The summed E-state index contributed by atoms with van der Waals surface area (Å²) in [6, 6.07) is 8.97. The number of rotatable bonds is 3. The van der Waals surface area contributed by atoms with Crippen LogP contribution in [-0.4, -0.2) is 12.1 Å². The zero-order valence-electron chi connectivity index (χ0n) is 14.1. The van der Waals surface area contributed by atoms with Crippen molar-refractivity contribution in [1.82, 2.24) is 0 Å². The summed E-state index contributed by atoms with van der Waals surface area (Å²) in [6.45, 7) is 1.17. The molecule has 0 fully saturated rings. The standard InChI is InChI=1S/C19H11F5O4/c1-10(25)27-12-7-6-11-8-14(17(26)28-16(11)9-12)13-4-2-3-5-15(13)18(20,21)19(22,23)24/h2-9H,1H3. The van der Waals surface area contributed by atoms with E-state index in [1.165, 1.54) is 31.2 Å². The molecule has 0 unspecified atom stereocenters. The Hall–Kier alpha value is -3.23. The van der Waals surface area contributed by atoms with E-state index in [1.807, 2.05) is 0 Å². The molecule has 2 aromatic carbocycles. The molecular weight excluding hydrogens is 387 g/mol. The van der Waals surface area contributed by atoms with E-state index < -0.39 is 40.4 Å². The van der Waals surface area contributed by atoms with Crippen LogP contribution in [0, 0.1) is 0 Å². The van der Waals surface area contributed by atoms with Gasteiger partial charge in [0.15, 0.2) is 0 Å². The van der Waals surface area contributed by atoms with Crippen molar-refractivity contribution in [3.05, 3.63) is 64.5 Å². The van der Waals surface area contributed by atoms with Crippen LogP contribution in [0.5, 0.6) is 5.75 Å². The maximum absolute atomic E-state index is 13.9. The molecule has 28 heavy (non-hydrogen) atoms. The molecule has 0 atom stereocenters. The molecule has 0 spiro atoms. The highest BCUT2D eigenvalue weighted by atomic mass is 19.4. The molecule has 1 aromatic heterocycles. The number of halogens is 5. The highest BCUT2D eigenvalue weighted by molar-refractivity contribution is 5.84. The number of benzene rings is 2. The Morgan fingerprint density at radius 1 is 0.964 bits per heavy atom. The van der Waals surface area contributed by atoms with E-state index in [-0.39, 0.29) is 16.7 Å². The van der Waals surface area contributed by atoms with Gasteiger partial charge in [0, 0.05) is 23.9 Å². The molecule has 3 rings (SSSR count). The fourth-order valence-electron chi connectivity index (χ4n) is 2.65. The molecule has 0 amide bonds. The summed E-state index contributed by atoms with van der Waals surface area (Å²) in [4.78, 5) is 23.3. The van der Waals surface area contributed by atoms with Crippen molar-refractivity contribution in [3.63, 3.8) is 0 Å². The van der Waals surface area contributed by atoms with Gasteiger partial charge in [-0.25, -0.2) is 4.79 Å². The van der Waals surface area contributed by atoms with E-state index >= 15 is 0 Å². The predicted molar refractivity (Wildman–Crippen MR) is 89.2 cm³/mol. The third-order valence-corrected chi connectivity index (χ3v) is 3.88. The Bertz CT molecular complexity index is 1120. The van der Waals surface area contributed by atoms with Crippen LogP contribution in [0.25, 0.3) is 22.1 Å². The van der Waals surface area contributed by atoms with E-state index in [1.54, 1.807) is 0 Å². The lowest BCUT2D eigenvalue weighted by molar-refractivity contribution is -0.289. The maximum Gasteiger partial charge on any atom is 0.458 e. The molecule has 4 nitrogen and oxygen atoms in total. The van der Waals surface area contributed by atoms with Crippen LogP contribution in [-0.2, 0) is 10.7 Å². The zero-order valence-corrected chi connectivity index (χ0v) is 14.1. The summed E-state index contributed by atoms with van der Waals surface area (Å²) in [5.41, 5.74) is -3.53. The van der Waals surface area contributed by atoms with Gasteiger partial charge in [-0.15, -0.1) is 0 Å². The quantitative estimate of drug-likeness (QED) is 0.269. The number of hydrogen-bond donors (Lipinski definition) is 0. The molecule has 0 saturated heterocycles. The van der Waals surface area contributed by atoms with Crippen molar-refractivity contribution < 1.29 is 35.9 Å². The van der Waals surface area contributed by atoms with E-state index in [9.17, 15) is 31.5 Å². The predicted octanol–water partition coefficient (Wildman–Crippen LogP) is 5.04. The van der Waals surface area contributed by atoms with E-state index in [0.717, 1.165) is 18.2 Å². The van der Waals surface area contributed by atoms with Crippen molar-refractivity contribution >= 4 is 16.9 Å². The zero-order chi connectivity index (χ0) is 20.7. The summed E-state index contributed by atoms with van der Waals surface area (Å²) in [6.07, 6.45) is -5.83. The molecule has 0 bridgehead atoms. The van der Waals surface area contributed by atoms with Gasteiger partial charge in [-0.2, -0.15) is 22.0 Å². The highest BCUT2D eigenvalue weighted by Gasteiger charge is 2.59. The first-order chi connectivity index (χ1) is 13.0. The van der Waals surface area contributed by atoms with Crippen LogP contribution in [0.1, 0.15) is 12.5 Å². The van der Waals surface area contributed by atoms with Gasteiger partial charge in [0.1, 0.15) is 11.3 Å². The molecule has 0 aliphatic heterocycles. The van der Waals surface area contributed by atoms with Crippen molar-refractivity contribution in [3.8, 4) is 16.9 Å². The molecule has 1 heterocycles. The number of ether oxygens (including phenoxy) is 1. The van der Waals surface area contributed by atoms with E-state index in [2.05, 4.69) is 0 Å². The fourth-order valence-corrected chi connectivity index (χ4v) is 2.65. The van der Waals surface area contributed by atoms with E-state index in [4.69, 9.17) is 9.15 Å². The van der Waals surface area contributed by atoms with Crippen LogP contribution in [0.4, 0.5) is 22.0 Å². The third kappa shape index (κ3) is 3.47. The van der Waals surface area contributed by atoms with Crippen LogP contribution in [0.3, 0.4) is 0 Å². The summed E-state index contributed by atoms with van der Waals surface area (Å²) in [5.74, 6) is -5.69. The lowest BCUT2D eigenvalue weighted by Gasteiger charge is -2.22. The van der Waals surface area contributed by atoms with Crippen LogP contribution in [0.15, 0.2) is 57.7 Å². The number of hydrogen-bond acceptors (Lipinski definition) is 4. The molecule has 146 valence electrons. The SMILES string of the molecule is CC(=O)Oc1ccc2cc(-c3ccccc3C(F)(F)C(F)(F)F)c(=O)oc2c1. The van der Waals surface area contributed by atoms with Crippen LogP contribution < -0.4 is 10.4 Å². The molecule has 0 saturated carbocycles. The number of fused-ring (bicyclic) bond motifs is 1. The van der Waals surface area contributed by atoms with Crippen molar-refractivity contribution in [2.45, 2.75) is 19.0 Å². The Morgan fingerprint density at radius 2 is 1.64 bits per heavy atom. The second-order valence-electron chi connectivity index (χ2n) is 5.86. The molecule has 0 N–H and O–H groups in total. The van der Waals surface area contributed by atoms with Gasteiger partial charge in [-0.1, -0.05) is 24.3 Å². The highest BCUT2D eigenvalue weighted by Crippen LogP contribution is 2.46. The monoisotopic (exact) mass is 398 g/mol. The Kier molecular flexibility index (Phi) is 4.70. The topological polar surface area (TPSA) is 56.5 Å². The van der Waals surface area contributed by atoms with Crippen LogP contribution >= 0.6 is 0 Å². The van der Waals surface area contributed by atoms with Gasteiger partial charge in [0.25, 0.3) is 0 Å². The molecular formula is C19H11F5O4. The first-order valence-corrected chi connectivity index (χ1v) is 7.81. The summed E-state index contributed by atoms with van der Waals surface area (Å²) in [5, 5.41) is 0.246. The number of carbonyl (C=O) groups excluding carboxylic acids is 1. The molecule has 3 aromatic rings. The Morgan fingerprint density at radius 3 is 2.29 bits per heavy atom. The summed E-state index contributed by atoms with van der Waals surface area (Å²) < 4.78 is 76.2. The molecule has 0 radical (unpaired) electrons. The second kappa shape index (κ2) is 6.74. The van der Waals surface area contributed by atoms with Gasteiger partial charge in [-0.05, 0) is 23.8 Å². The lowest BCUT2D eigenvalue weighted by atomic mass is 9.95. The molecule has 0 aliphatic rings. The molecule has 9 heteroatoms. The first-order valence-electron chi connectivity index (χ1n) is 7.81. The Balaban J connectivity index is 2.19. The fraction of sp³-hybridized carbons (Fsp3) is 0.158. The van der Waals surface area contributed by atoms with E-state index in [0.29, 0.717) is 6.07 Å². The third-order valence-electron chi connectivity index (χ3n) is 3.88. The van der Waals surface area contributed by atoms with Gasteiger partial charge >= 0.3 is 23.7 Å². The summed E-state index contributed by atoms with van der Waals surface area (Å²) >= 11 is 0. The normalized spacial score (nSPS) is 12.2. The van der Waals surface area contributed by atoms with Crippen molar-refractivity contribution in [1.29, 1.82) is 0 Å². The minimum Gasteiger partial charge on any atom is -0.427 e. The minimum atomic E-state index is -5.83. The minimum absolute atomic E-state index is 0.0208. The second-order valence-corrected chi connectivity index (χ2v) is 5.86. The smallest absolute Gasteiger partial charge is 0.427 e. The largest absolute Gasteiger partial charge is 0.458 e. The first kappa shape index (κ1) is 19.5. The van der Waals surface area contributed by atoms with Gasteiger partial charge in [-0.3, -0.25) is 4.79 Å². The molecule has 0 aliphatic carbocycles. The van der Waals surface area contributed by atoms with Crippen molar-refractivity contribution in [2.75, 3.05) is 0 Å². The Labute approximate surface area is 154 Å². The van der Waals surface area contributed by atoms with Gasteiger partial charge in [0.2, 0.25) is 0 Å². The van der Waals surface area contributed by atoms with Gasteiger partial charge < -0.3 is 9.15 Å². The number of alkyl halides is 5. The number of carbonyl (C=O) groups is 1. The average Bonchev–Trinajstić information content (AvgIpc) is 2.59. The van der Waals surface area contributed by atoms with Crippen LogP contribution in [0.2, 0.25) is 0 Å². The average molecular weight is 398 g/mol. The van der Waals surface area contributed by atoms with Crippen molar-refractivity contribution in [2.24, 2.45) is 0 Å². The summed E-state index contributed by atoms with van der Waals surface area (Å²) in [7, 11) is 0. The maximum atomic E-state index is 13.9.